The van der Waals surface area contributed by atoms with Gasteiger partial charge in [-0.15, -0.1) is 0 Å². The maximum atomic E-state index is 6.47. The average Bonchev–Trinajstić information content (AvgIpc) is 3.94. The molecule has 0 aliphatic heterocycles. The van der Waals surface area contributed by atoms with Gasteiger partial charge in [-0.2, -0.15) is 9.97 Å². The number of rotatable bonds is 5. The highest BCUT2D eigenvalue weighted by Gasteiger charge is 2.25. The topological polar surface area (TPSA) is 56.7 Å². The Morgan fingerprint density at radius 3 is 1.69 bits per heavy atom. The molecule has 10 aromatic carbocycles. The lowest BCUT2D eigenvalue weighted by Crippen LogP contribution is -2.07. The summed E-state index contributed by atoms with van der Waals surface area (Å²) in [7, 11) is 0. The van der Waals surface area contributed by atoms with Crippen molar-refractivity contribution in [2.75, 3.05) is 0 Å². The maximum Gasteiger partial charge on any atom is 0.238 e. The molecule has 0 aliphatic carbocycles. The molecule has 0 saturated carbocycles. The van der Waals surface area contributed by atoms with E-state index in [-0.39, 0.29) is 0 Å². The number of benzene rings is 10. The van der Waals surface area contributed by atoms with Gasteiger partial charge in [0.2, 0.25) is 5.95 Å². The third-order valence-corrected chi connectivity index (χ3v) is 12.4. The second-order valence-corrected chi connectivity index (χ2v) is 16.6. The second-order valence-electron chi connectivity index (χ2n) is 16.6. The zero-order valence-electron chi connectivity index (χ0n) is 36.0. The quantitative estimate of drug-likeness (QED) is 0.162. The minimum Gasteiger partial charge on any atom is -0.456 e. The van der Waals surface area contributed by atoms with Crippen LogP contribution in [0.5, 0.6) is 0 Å². The van der Waals surface area contributed by atoms with E-state index >= 15 is 0 Å². The van der Waals surface area contributed by atoms with Gasteiger partial charge in [0.1, 0.15) is 11.2 Å². The molecule has 13 aromatic rings. The summed E-state index contributed by atoms with van der Waals surface area (Å²) in [6.07, 6.45) is 1.25. The van der Waals surface area contributed by atoms with Gasteiger partial charge in [-0.05, 0) is 61.8 Å². The van der Waals surface area contributed by atoms with E-state index in [2.05, 4.69) is 206 Å². The first-order valence-electron chi connectivity index (χ1n) is 22.4. The van der Waals surface area contributed by atoms with Crippen LogP contribution in [0.4, 0.5) is 0 Å². The monoisotopic (exact) mass is 834 g/mol. The van der Waals surface area contributed by atoms with Crippen molar-refractivity contribution in [3.63, 3.8) is 0 Å². The molecule has 5 nitrogen and oxygen atoms in total. The van der Waals surface area contributed by atoms with E-state index in [9.17, 15) is 0 Å². The highest BCUT2D eigenvalue weighted by atomic mass is 16.3. The summed E-state index contributed by atoms with van der Waals surface area (Å²) < 4.78 is 8.78. The summed E-state index contributed by atoms with van der Waals surface area (Å²) in [4.78, 5) is 16.2. The Hall–Kier alpha value is -8.41. The number of hydrogen-bond donors (Lipinski definition) is 0. The first-order chi connectivity index (χ1) is 32.2. The predicted octanol–water partition coefficient (Wildman–Crippen LogP) is 16.4. The van der Waals surface area contributed by atoms with E-state index in [1.165, 1.54) is 22.6 Å². The zero-order valence-corrected chi connectivity index (χ0v) is 36.0. The molecule has 0 radical (unpaired) electrons. The normalized spacial score (nSPS) is 11.6. The Bertz CT molecular complexity index is 3940. The number of nitrogens with zero attached hydrogens (tertiary/aromatic N) is 4. The predicted molar refractivity (Wildman–Crippen MR) is 272 cm³/mol. The van der Waals surface area contributed by atoms with Crippen LogP contribution in [0.2, 0.25) is 0 Å². The number of fused-ring (bicyclic) bond motifs is 12. The molecule has 308 valence electrons. The Balaban J connectivity index is 0.00000144. The van der Waals surface area contributed by atoms with Crippen LogP contribution in [0.15, 0.2) is 211 Å². The Kier molecular flexibility index (Phi) is 9.27. The molecule has 0 aliphatic rings. The van der Waals surface area contributed by atoms with Gasteiger partial charge in [0.05, 0.1) is 11.0 Å². The van der Waals surface area contributed by atoms with Crippen LogP contribution in [-0.4, -0.2) is 19.5 Å². The van der Waals surface area contributed by atoms with Crippen molar-refractivity contribution in [1.82, 2.24) is 19.5 Å². The van der Waals surface area contributed by atoms with Crippen LogP contribution < -0.4 is 0 Å². The van der Waals surface area contributed by atoms with Gasteiger partial charge >= 0.3 is 0 Å². The molecule has 0 spiro atoms. The summed E-state index contributed by atoms with van der Waals surface area (Å²) in [5.41, 5.74) is 10.0. The van der Waals surface area contributed by atoms with Crippen LogP contribution in [0.3, 0.4) is 0 Å². The fraction of sp³-hybridized carbons (Fsp3) is 0.0500. The highest BCUT2D eigenvalue weighted by Crippen LogP contribution is 2.47. The van der Waals surface area contributed by atoms with E-state index in [0.717, 1.165) is 93.3 Å². The van der Waals surface area contributed by atoms with Crippen molar-refractivity contribution in [3.8, 4) is 51.0 Å². The lowest BCUT2D eigenvalue weighted by molar-refractivity contribution is 0.669. The summed E-state index contributed by atoms with van der Waals surface area (Å²) in [5, 5.41) is 11.4. The van der Waals surface area contributed by atoms with Crippen molar-refractivity contribution < 1.29 is 4.42 Å². The summed E-state index contributed by atoms with van der Waals surface area (Å²) in [6, 6.07) is 72.7. The smallest absolute Gasteiger partial charge is 0.238 e. The second kappa shape index (κ2) is 15.7. The minimum atomic E-state index is 0.544. The van der Waals surface area contributed by atoms with E-state index in [1.54, 1.807) is 0 Å². The lowest BCUT2D eigenvalue weighted by Gasteiger charge is -2.15. The maximum absolute atomic E-state index is 6.47. The van der Waals surface area contributed by atoms with Crippen LogP contribution in [0.1, 0.15) is 20.3 Å². The molecule has 5 heteroatoms. The molecule has 0 amide bonds. The van der Waals surface area contributed by atoms with E-state index < -0.39 is 0 Å². The molecule has 3 heterocycles. The molecular weight excluding hydrogens is 793 g/mol. The molecule has 0 N–H and O–H groups in total. The molecular formula is C60H42N4O. The van der Waals surface area contributed by atoms with Gasteiger partial charge in [-0.1, -0.05) is 208 Å². The highest BCUT2D eigenvalue weighted by molar-refractivity contribution is 6.33. The van der Waals surface area contributed by atoms with Gasteiger partial charge in [0.15, 0.2) is 11.6 Å². The van der Waals surface area contributed by atoms with Crippen molar-refractivity contribution >= 4 is 76.1 Å². The minimum absolute atomic E-state index is 0.544. The number of aromatic nitrogens is 4. The summed E-state index contributed by atoms with van der Waals surface area (Å²) >= 11 is 0. The van der Waals surface area contributed by atoms with E-state index in [4.69, 9.17) is 19.4 Å². The molecule has 65 heavy (non-hydrogen) atoms. The van der Waals surface area contributed by atoms with Crippen molar-refractivity contribution in [1.29, 1.82) is 0 Å². The van der Waals surface area contributed by atoms with Crippen molar-refractivity contribution in [2.24, 2.45) is 0 Å². The number of hydrogen-bond acceptors (Lipinski definition) is 4. The average molecular weight is 835 g/mol. The third kappa shape index (κ3) is 6.35. The number of furan rings is 1. The van der Waals surface area contributed by atoms with Gasteiger partial charge < -0.3 is 4.42 Å². The van der Waals surface area contributed by atoms with Gasteiger partial charge in [-0.25, -0.2) is 4.98 Å². The summed E-state index contributed by atoms with van der Waals surface area (Å²) in [5.74, 6) is 1.74. The number of para-hydroxylation sites is 2. The molecule has 0 saturated heterocycles. The molecule has 0 unspecified atom stereocenters. The Labute approximate surface area is 375 Å². The molecule has 13 rings (SSSR count). The molecule has 0 fully saturated rings. The van der Waals surface area contributed by atoms with Crippen LogP contribution in [0, 0.1) is 0 Å². The van der Waals surface area contributed by atoms with Crippen LogP contribution in [-0.2, 0) is 0 Å². The zero-order chi connectivity index (χ0) is 43.4. The van der Waals surface area contributed by atoms with Crippen molar-refractivity contribution in [2.45, 2.75) is 20.3 Å². The fourth-order valence-electron chi connectivity index (χ4n) is 9.64. The van der Waals surface area contributed by atoms with Crippen LogP contribution >= 0.6 is 0 Å². The largest absolute Gasteiger partial charge is 0.456 e. The molecule has 3 aromatic heterocycles. The SMILES string of the molecule is CCC.c1ccc(-c2ccc(-c3nc(-c4ccc5ccccc5c4)nc(-n4c5c(-c6cccc7oc8ccccc8c67)cccc5c5c6ccccc6c6ccccc6c54)n3)cc2)cc1. The van der Waals surface area contributed by atoms with Gasteiger partial charge in [0.25, 0.3) is 0 Å². The first kappa shape index (κ1) is 38.3. The first-order valence-corrected chi connectivity index (χ1v) is 22.4. The van der Waals surface area contributed by atoms with Gasteiger partial charge in [-0.3, -0.25) is 4.57 Å². The van der Waals surface area contributed by atoms with Gasteiger partial charge in [0, 0.05) is 43.6 Å². The van der Waals surface area contributed by atoms with Crippen LogP contribution in [0.25, 0.3) is 127 Å². The Morgan fingerprint density at radius 2 is 0.908 bits per heavy atom. The fourth-order valence-corrected chi connectivity index (χ4v) is 9.64. The van der Waals surface area contributed by atoms with E-state index in [0.29, 0.717) is 17.6 Å². The Morgan fingerprint density at radius 1 is 0.369 bits per heavy atom. The summed E-state index contributed by atoms with van der Waals surface area (Å²) in [6.45, 7) is 4.25. The third-order valence-electron chi connectivity index (χ3n) is 12.4. The molecule has 0 bridgehead atoms. The van der Waals surface area contributed by atoms with E-state index in [1.807, 2.05) is 18.2 Å². The lowest BCUT2D eigenvalue weighted by atomic mass is 9.95. The molecule has 0 atom stereocenters. The standard InChI is InChI=1S/C57H34N4O.C3H8/c1-2-14-35(15-3-1)37-28-31-38(32-29-37)55-58-56(40-33-30-36-16-4-5-17-39(36)34-40)60-57(59-55)61-53-46(44-23-13-27-50-51(44)47-22-10-11-26-49(47)62-50)24-12-25-48(53)52-43-20-8-6-18-41(43)42-19-7-9-21-45(42)54(52)61;1-3-2/h1-34H;3H2,1-2H3. The van der Waals surface area contributed by atoms with Crippen molar-refractivity contribution in [3.05, 3.63) is 206 Å².